The predicted octanol–water partition coefficient (Wildman–Crippen LogP) is 3.79. The highest BCUT2D eigenvalue weighted by Gasteiger charge is 2.31. The maximum Gasteiger partial charge on any atom is 0.416 e. The van der Waals surface area contributed by atoms with Gasteiger partial charge in [0.25, 0.3) is 0 Å². The van der Waals surface area contributed by atoms with Crippen molar-refractivity contribution in [2.24, 2.45) is 0 Å². The summed E-state index contributed by atoms with van der Waals surface area (Å²) in [6, 6.07) is 1.95. The fraction of sp³-hybridized carbons (Fsp3) is 0.231. The zero-order valence-corrected chi connectivity index (χ0v) is 11.0. The number of halogens is 5. The van der Waals surface area contributed by atoms with Crippen LogP contribution >= 0.6 is 0 Å². The minimum atomic E-state index is -4.70. The molecule has 2 rings (SSSR count). The molecule has 0 saturated heterocycles. The first-order valence-electron chi connectivity index (χ1n) is 5.82. The van der Waals surface area contributed by atoms with E-state index in [1.54, 1.807) is 0 Å². The van der Waals surface area contributed by atoms with Crippen LogP contribution in [0.4, 0.5) is 27.8 Å². The van der Waals surface area contributed by atoms with E-state index in [1.165, 1.54) is 14.0 Å². The molecule has 1 aromatic heterocycles. The third-order valence-electron chi connectivity index (χ3n) is 2.74. The minimum Gasteiger partial charge on any atom is -0.371 e. The second-order valence-corrected chi connectivity index (χ2v) is 4.27. The van der Waals surface area contributed by atoms with E-state index in [1.807, 2.05) is 0 Å². The molecule has 1 aromatic carbocycles. The summed E-state index contributed by atoms with van der Waals surface area (Å²) in [6.07, 6.45) is -4.70. The maximum absolute atomic E-state index is 13.6. The summed E-state index contributed by atoms with van der Waals surface area (Å²) in [6.45, 7) is 1.34. The molecule has 21 heavy (non-hydrogen) atoms. The number of aryl methyl sites for hydroxylation is 1. The number of benzene rings is 1. The van der Waals surface area contributed by atoms with Crippen LogP contribution < -0.4 is 5.32 Å². The van der Waals surface area contributed by atoms with Crippen LogP contribution in [0.25, 0.3) is 11.4 Å². The fourth-order valence-corrected chi connectivity index (χ4v) is 1.74. The molecule has 1 heterocycles. The molecule has 3 nitrogen and oxygen atoms in total. The number of anilines is 1. The van der Waals surface area contributed by atoms with Gasteiger partial charge < -0.3 is 5.32 Å². The molecular formula is C13H10F5N3. The van der Waals surface area contributed by atoms with Crippen LogP contribution in [0.15, 0.2) is 18.2 Å². The third-order valence-corrected chi connectivity index (χ3v) is 2.74. The van der Waals surface area contributed by atoms with Crippen LogP contribution in [-0.2, 0) is 6.18 Å². The molecule has 0 atom stereocenters. The molecule has 0 saturated carbocycles. The lowest BCUT2D eigenvalue weighted by Crippen LogP contribution is -2.07. The predicted molar refractivity (Wildman–Crippen MR) is 66.7 cm³/mol. The Morgan fingerprint density at radius 1 is 1.05 bits per heavy atom. The Morgan fingerprint density at radius 2 is 1.71 bits per heavy atom. The summed E-state index contributed by atoms with van der Waals surface area (Å²) in [7, 11) is 1.40. The average molecular weight is 303 g/mol. The molecule has 0 aliphatic rings. The highest BCUT2D eigenvalue weighted by atomic mass is 19.4. The monoisotopic (exact) mass is 303 g/mol. The summed E-state index contributed by atoms with van der Waals surface area (Å²) < 4.78 is 65.0. The first-order chi connectivity index (χ1) is 9.72. The number of nitrogens with zero attached hydrogens (tertiary/aromatic N) is 2. The number of hydrogen-bond acceptors (Lipinski definition) is 3. The van der Waals surface area contributed by atoms with Crippen molar-refractivity contribution in [1.82, 2.24) is 9.97 Å². The number of alkyl halides is 3. The Kier molecular flexibility index (Phi) is 3.80. The summed E-state index contributed by atoms with van der Waals surface area (Å²) in [5.41, 5.74) is -1.39. The topological polar surface area (TPSA) is 37.8 Å². The van der Waals surface area contributed by atoms with Gasteiger partial charge in [-0.15, -0.1) is 0 Å². The molecule has 0 bridgehead atoms. The van der Waals surface area contributed by atoms with Crippen LogP contribution in [0.2, 0.25) is 0 Å². The van der Waals surface area contributed by atoms with E-state index in [-0.39, 0.29) is 22.9 Å². The van der Waals surface area contributed by atoms with E-state index in [0.29, 0.717) is 6.07 Å². The Morgan fingerprint density at radius 3 is 2.29 bits per heavy atom. The molecule has 2 aromatic rings. The van der Waals surface area contributed by atoms with Crippen molar-refractivity contribution in [3.05, 3.63) is 41.1 Å². The summed E-state index contributed by atoms with van der Waals surface area (Å²) in [5.74, 6) is -2.15. The molecule has 0 amide bonds. The maximum atomic E-state index is 13.6. The van der Waals surface area contributed by atoms with Gasteiger partial charge >= 0.3 is 6.18 Å². The standard InChI is InChI=1S/C13H10F5N3/c1-6-10(15)12(19-2)21-11(20-6)7-3-8(13(16,17)18)5-9(14)4-7/h3-5H,1-2H3,(H,19,20,21). The summed E-state index contributed by atoms with van der Waals surface area (Å²) in [4.78, 5) is 7.51. The van der Waals surface area contributed by atoms with Crippen LogP contribution in [0.5, 0.6) is 0 Å². The number of nitrogens with one attached hydrogen (secondary N) is 1. The van der Waals surface area contributed by atoms with Gasteiger partial charge in [0.15, 0.2) is 17.5 Å². The molecular weight excluding hydrogens is 293 g/mol. The Labute approximate surface area is 116 Å². The van der Waals surface area contributed by atoms with Crippen molar-refractivity contribution in [3.63, 3.8) is 0 Å². The smallest absolute Gasteiger partial charge is 0.371 e. The van der Waals surface area contributed by atoms with Gasteiger partial charge in [-0.3, -0.25) is 0 Å². The van der Waals surface area contributed by atoms with Gasteiger partial charge in [0.05, 0.1) is 11.3 Å². The summed E-state index contributed by atoms with van der Waals surface area (Å²) >= 11 is 0. The Balaban J connectivity index is 2.62. The first-order valence-corrected chi connectivity index (χ1v) is 5.82. The molecule has 0 aliphatic carbocycles. The van der Waals surface area contributed by atoms with Gasteiger partial charge in [0, 0.05) is 12.6 Å². The molecule has 0 fully saturated rings. The van der Waals surface area contributed by atoms with E-state index in [9.17, 15) is 22.0 Å². The van der Waals surface area contributed by atoms with Crippen LogP contribution in [0, 0.1) is 18.6 Å². The second-order valence-electron chi connectivity index (χ2n) is 4.27. The van der Waals surface area contributed by atoms with Crippen molar-refractivity contribution in [2.45, 2.75) is 13.1 Å². The zero-order chi connectivity index (χ0) is 15.8. The van der Waals surface area contributed by atoms with Gasteiger partial charge in [-0.2, -0.15) is 13.2 Å². The average Bonchev–Trinajstić information content (AvgIpc) is 2.40. The Hall–Kier alpha value is -2.25. The molecule has 8 heteroatoms. The van der Waals surface area contributed by atoms with Crippen molar-refractivity contribution in [3.8, 4) is 11.4 Å². The van der Waals surface area contributed by atoms with Gasteiger partial charge in [0.1, 0.15) is 5.82 Å². The highest BCUT2D eigenvalue weighted by Crippen LogP contribution is 2.32. The first kappa shape index (κ1) is 15.1. The van der Waals surface area contributed by atoms with Crippen molar-refractivity contribution in [1.29, 1.82) is 0 Å². The minimum absolute atomic E-state index is 0.0535. The van der Waals surface area contributed by atoms with Crippen LogP contribution in [-0.4, -0.2) is 17.0 Å². The number of hydrogen-bond donors (Lipinski definition) is 1. The van der Waals surface area contributed by atoms with E-state index in [0.717, 1.165) is 12.1 Å². The van der Waals surface area contributed by atoms with Crippen molar-refractivity contribution >= 4 is 5.82 Å². The fourth-order valence-electron chi connectivity index (χ4n) is 1.74. The van der Waals surface area contributed by atoms with E-state index < -0.39 is 23.4 Å². The van der Waals surface area contributed by atoms with Gasteiger partial charge in [0.2, 0.25) is 0 Å². The van der Waals surface area contributed by atoms with E-state index >= 15 is 0 Å². The molecule has 0 unspecified atom stereocenters. The molecule has 0 spiro atoms. The second kappa shape index (κ2) is 5.27. The lowest BCUT2D eigenvalue weighted by atomic mass is 10.1. The Bertz CT molecular complexity index is 682. The quantitative estimate of drug-likeness (QED) is 0.858. The molecule has 0 radical (unpaired) electrons. The number of aromatic nitrogens is 2. The lowest BCUT2D eigenvalue weighted by molar-refractivity contribution is -0.137. The zero-order valence-electron chi connectivity index (χ0n) is 11.0. The number of rotatable bonds is 2. The van der Waals surface area contributed by atoms with Gasteiger partial charge in [-0.25, -0.2) is 18.7 Å². The lowest BCUT2D eigenvalue weighted by Gasteiger charge is -2.11. The van der Waals surface area contributed by atoms with Gasteiger partial charge in [-0.1, -0.05) is 0 Å². The molecule has 1 N–H and O–H groups in total. The normalized spacial score (nSPS) is 11.6. The molecule has 0 aliphatic heterocycles. The highest BCUT2D eigenvalue weighted by molar-refractivity contribution is 5.59. The van der Waals surface area contributed by atoms with Crippen molar-refractivity contribution in [2.75, 3.05) is 12.4 Å². The van der Waals surface area contributed by atoms with Crippen molar-refractivity contribution < 1.29 is 22.0 Å². The van der Waals surface area contributed by atoms with Gasteiger partial charge in [-0.05, 0) is 25.1 Å². The van der Waals surface area contributed by atoms with Crippen LogP contribution in [0.1, 0.15) is 11.3 Å². The summed E-state index contributed by atoms with van der Waals surface area (Å²) in [5, 5.41) is 2.46. The van der Waals surface area contributed by atoms with E-state index in [2.05, 4.69) is 15.3 Å². The molecule has 112 valence electrons. The van der Waals surface area contributed by atoms with Crippen LogP contribution in [0.3, 0.4) is 0 Å². The third kappa shape index (κ3) is 3.09. The largest absolute Gasteiger partial charge is 0.416 e. The van der Waals surface area contributed by atoms with E-state index in [4.69, 9.17) is 0 Å². The SMILES string of the molecule is CNc1nc(-c2cc(F)cc(C(F)(F)F)c2)nc(C)c1F.